The van der Waals surface area contributed by atoms with Gasteiger partial charge in [-0.1, -0.05) is 41.9 Å². The van der Waals surface area contributed by atoms with Crippen molar-refractivity contribution >= 4 is 34.3 Å². The molecule has 0 amide bonds. The molecule has 0 radical (unpaired) electrons. The van der Waals surface area contributed by atoms with E-state index in [9.17, 15) is 9.59 Å². The van der Waals surface area contributed by atoms with Gasteiger partial charge in [-0.3, -0.25) is 4.79 Å². The molecule has 0 atom stereocenters. The minimum Gasteiger partial charge on any atom is -0.455 e. The Balaban J connectivity index is 1.73. The second-order valence-electron chi connectivity index (χ2n) is 4.78. The van der Waals surface area contributed by atoms with E-state index < -0.39 is 11.8 Å². The lowest BCUT2D eigenvalue weighted by molar-refractivity contribution is -0.139. The number of ether oxygens (including phenoxy) is 1. The third-order valence-electron chi connectivity index (χ3n) is 3.28. The molecule has 3 aromatic rings. The molecule has 1 aromatic heterocycles. The maximum Gasteiger partial charge on any atom is 0.380 e. The highest BCUT2D eigenvalue weighted by Gasteiger charge is 2.21. The molecule has 2 aromatic carbocycles. The van der Waals surface area contributed by atoms with Gasteiger partial charge in [-0.25, -0.2) is 4.79 Å². The zero-order chi connectivity index (χ0) is 15.5. The van der Waals surface area contributed by atoms with E-state index in [0.717, 1.165) is 11.1 Å². The molecule has 1 heterocycles. The van der Waals surface area contributed by atoms with Crippen LogP contribution in [-0.2, 0) is 16.1 Å². The van der Waals surface area contributed by atoms with Crippen molar-refractivity contribution in [1.29, 1.82) is 0 Å². The number of rotatable bonds is 4. The average Bonchev–Trinajstić information content (AvgIpc) is 2.96. The molecule has 0 aliphatic carbocycles. The first-order chi connectivity index (χ1) is 10.6. The summed E-state index contributed by atoms with van der Waals surface area (Å²) in [6.07, 6.45) is 1.52. The monoisotopic (exact) mass is 313 g/mol. The number of aromatic nitrogens is 1. The number of nitrogens with one attached hydrogen (secondary N) is 1. The van der Waals surface area contributed by atoms with Gasteiger partial charge in [0.2, 0.25) is 0 Å². The van der Waals surface area contributed by atoms with E-state index in [1.807, 2.05) is 18.2 Å². The minimum atomic E-state index is -0.885. The number of hydrogen-bond donors (Lipinski definition) is 1. The van der Waals surface area contributed by atoms with Gasteiger partial charge >= 0.3 is 5.97 Å². The Labute approximate surface area is 131 Å². The summed E-state index contributed by atoms with van der Waals surface area (Å²) in [5.41, 5.74) is 1.84. The summed E-state index contributed by atoms with van der Waals surface area (Å²) in [6.45, 7) is 0.00743. The van der Waals surface area contributed by atoms with Gasteiger partial charge in [0.05, 0.1) is 5.56 Å². The Morgan fingerprint density at radius 1 is 1.09 bits per heavy atom. The number of Topliss-reactive ketones (excluding diaryl/α,β-unsaturated/α-hetero) is 1. The van der Waals surface area contributed by atoms with E-state index in [4.69, 9.17) is 16.3 Å². The van der Waals surface area contributed by atoms with Crippen LogP contribution < -0.4 is 0 Å². The van der Waals surface area contributed by atoms with Gasteiger partial charge in [0.15, 0.2) is 0 Å². The van der Waals surface area contributed by atoms with Crippen LogP contribution in [0.15, 0.2) is 54.7 Å². The zero-order valence-corrected chi connectivity index (χ0v) is 12.3. The largest absolute Gasteiger partial charge is 0.455 e. The summed E-state index contributed by atoms with van der Waals surface area (Å²) in [4.78, 5) is 27.1. The van der Waals surface area contributed by atoms with Crippen molar-refractivity contribution in [2.24, 2.45) is 0 Å². The van der Waals surface area contributed by atoms with Crippen LogP contribution in [0.5, 0.6) is 0 Å². The van der Waals surface area contributed by atoms with Gasteiger partial charge in [-0.05, 0) is 23.8 Å². The zero-order valence-electron chi connectivity index (χ0n) is 11.5. The number of ketones is 1. The van der Waals surface area contributed by atoms with Gasteiger partial charge in [0.1, 0.15) is 6.61 Å². The molecule has 22 heavy (non-hydrogen) atoms. The smallest absolute Gasteiger partial charge is 0.380 e. The van der Waals surface area contributed by atoms with E-state index in [2.05, 4.69) is 4.98 Å². The topological polar surface area (TPSA) is 59.2 Å². The fraction of sp³-hybridized carbons (Fsp3) is 0.0588. The van der Waals surface area contributed by atoms with Crippen LogP contribution in [-0.4, -0.2) is 16.7 Å². The Bertz CT molecular complexity index is 854. The molecule has 0 unspecified atom stereocenters. The highest BCUT2D eigenvalue weighted by molar-refractivity contribution is 6.42. The molecule has 0 saturated heterocycles. The highest BCUT2D eigenvalue weighted by Crippen LogP contribution is 2.19. The quantitative estimate of drug-likeness (QED) is 0.453. The summed E-state index contributed by atoms with van der Waals surface area (Å²) in [5.74, 6) is -1.55. The number of carbonyl (C=O) groups is 2. The van der Waals surface area contributed by atoms with Gasteiger partial charge in [0, 0.05) is 22.1 Å². The summed E-state index contributed by atoms with van der Waals surface area (Å²) in [6, 6.07) is 14.2. The molecule has 110 valence electrons. The maximum atomic E-state index is 12.2. The van der Waals surface area contributed by atoms with Gasteiger partial charge in [-0.2, -0.15) is 0 Å². The number of carbonyl (C=O) groups excluding carboxylic acids is 2. The van der Waals surface area contributed by atoms with Crippen LogP contribution in [0.3, 0.4) is 0 Å². The fourth-order valence-corrected chi connectivity index (χ4v) is 2.42. The summed E-state index contributed by atoms with van der Waals surface area (Å²) < 4.78 is 5.06. The van der Waals surface area contributed by atoms with Crippen LogP contribution in [0.2, 0.25) is 5.02 Å². The first kappa shape index (κ1) is 14.4. The van der Waals surface area contributed by atoms with E-state index in [1.54, 1.807) is 30.3 Å². The van der Waals surface area contributed by atoms with E-state index in [-0.39, 0.29) is 6.61 Å². The molecule has 5 heteroatoms. The Morgan fingerprint density at radius 2 is 1.91 bits per heavy atom. The standard InChI is InChI=1S/C17H12ClNO3/c18-12-5-3-4-11(8-12)10-22-17(21)16(20)14-9-19-15-7-2-1-6-13(14)15/h1-9,19H,10H2. The molecule has 0 saturated carbocycles. The molecule has 0 aliphatic rings. The number of esters is 1. The van der Waals surface area contributed by atoms with Crippen molar-refractivity contribution in [1.82, 2.24) is 4.98 Å². The van der Waals surface area contributed by atoms with Crippen LogP contribution in [0.25, 0.3) is 10.9 Å². The van der Waals surface area contributed by atoms with Crippen LogP contribution in [0, 0.1) is 0 Å². The SMILES string of the molecule is O=C(OCc1cccc(Cl)c1)C(=O)c1c[nH]c2ccccc12. The first-order valence-corrected chi connectivity index (χ1v) is 7.05. The molecule has 0 spiro atoms. The lowest BCUT2D eigenvalue weighted by Crippen LogP contribution is -2.17. The van der Waals surface area contributed by atoms with Crippen molar-refractivity contribution < 1.29 is 14.3 Å². The molecular formula is C17H12ClNO3. The molecule has 1 N–H and O–H groups in total. The van der Waals surface area contributed by atoms with Crippen LogP contribution in [0.4, 0.5) is 0 Å². The lowest BCUT2D eigenvalue weighted by atomic mass is 10.1. The van der Waals surface area contributed by atoms with Gasteiger partial charge in [-0.15, -0.1) is 0 Å². The normalized spacial score (nSPS) is 10.6. The number of H-pyrrole nitrogens is 1. The number of aromatic amines is 1. The van der Waals surface area contributed by atoms with E-state index >= 15 is 0 Å². The molecule has 0 fully saturated rings. The molecule has 3 rings (SSSR count). The number of fused-ring (bicyclic) bond motifs is 1. The van der Waals surface area contributed by atoms with Crippen molar-refractivity contribution in [3.63, 3.8) is 0 Å². The Kier molecular flexibility index (Phi) is 3.94. The van der Waals surface area contributed by atoms with Crippen molar-refractivity contribution in [2.75, 3.05) is 0 Å². The van der Waals surface area contributed by atoms with Gasteiger partial charge in [0.25, 0.3) is 5.78 Å². The van der Waals surface area contributed by atoms with E-state index in [1.165, 1.54) is 6.20 Å². The second kappa shape index (κ2) is 6.03. The van der Waals surface area contributed by atoms with Crippen molar-refractivity contribution in [3.8, 4) is 0 Å². The highest BCUT2D eigenvalue weighted by atomic mass is 35.5. The number of hydrogen-bond acceptors (Lipinski definition) is 3. The average molecular weight is 314 g/mol. The number of para-hydroxylation sites is 1. The Morgan fingerprint density at radius 3 is 2.73 bits per heavy atom. The summed E-state index contributed by atoms with van der Waals surface area (Å²) >= 11 is 5.86. The van der Waals surface area contributed by atoms with Crippen molar-refractivity contribution in [3.05, 3.63) is 70.9 Å². The predicted octanol–water partition coefficient (Wildman–Crippen LogP) is 3.75. The summed E-state index contributed by atoms with van der Waals surface area (Å²) in [5, 5.41) is 1.25. The lowest BCUT2D eigenvalue weighted by Gasteiger charge is -2.04. The minimum absolute atomic E-state index is 0.00743. The molecule has 4 nitrogen and oxygen atoms in total. The number of halogens is 1. The van der Waals surface area contributed by atoms with Crippen LogP contribution in [0.1, 0.15) is 15.9 Å². The fourth-order valence-electron chi connectivity index (χ4n) is 2.21. The van der Waals surface area contributed by atoms with Crippen LogP contribution >= 0.6 is 11.6 Å². The third-order valence-corrected chi connectivity index (χ3v) is 3.51. The van der Waals surface area contributed by atoms with Gasteiger partial charge < -0.3 is 9.72 Å². The third kappa shape index (κ3) is 2.87. The second-order valence-corrected chi connectivity index (χ2v) is 5.22. The first-order valence-electron chi connectivity index (χ1n) is 6.67. The summed E-state index contributed by atoms with van der Waals surface area (Å²) in [7, 11) is 0. The van der Waals surface area contributed by atoms with E-state index in [0.29, 0.717) is 16.0 Å². The number of benzene rings is 2. The molecule has 0 aliphatic heterocycles. The Hall–Kier alpha value is -2.59. The predicted molar refractivity (Wildman–Crippen MR) is 83.9 cm³/mol. The van der Waals surface area contributed by atoms with Crippen molar-refractivity contribution in [2.45, 2.75) is 6.61 Å². The molecule has 0 bridgehead atoms. The molecular weight excluding hydrogens is 302 g/mol. The maximum absolute atomic E-state index is 12.2.